The van der Waals surface area contributed by atoms with E-state index in [4.69, 9.17) is 17.3 Å². The number of nitrogens with zero attached hydrogens (tertiary/aromatic N) is 1. The van der Waals surface area contributed by atoms with Crippen LogP contribution in [0.15, 0.2) is 36.5 Å². The van der Waals surface area contributed by atoms with Gasteiger partial charge in [-0.2, -0.15) is 0 Å². The minimum atomic E-state index is -0.492. The molecule has 0 spiro atoms. The average Bonchev–Trinajstić information content (AvgIpc) is 2.41. The Bertz CT molecular complexity index is 648. The summed E-state index contributed by atoms with van der Waals surface area (Å²) in [5, 5.41) is 2.87. The number of carbonyl (C=O) groups is 1. The van der Waals surface area contributed by atoms with E-state index < -0.39 is 11.9 Å². The molecule has 2 rings (SSSR count). The second-order valence-corrected chi connectivity index (χ2v) is 4.71. The zero-order valence-corrected chi connectivity index (χ0v) is 11.5. The van der Waals surface area contributed by atoms with Crippen molar-refractivity contribution >= 4 is 23.3 Å². The van der Waals surface area contributed by atoms with Gasteiger partial charge in [0.15, 0.2) is 0 Å². The molecule has 0 aliphatic rings. The van der Waals surface area contributed by atoms with Gasteiger partial charge in [-0.3, -0.25) is 4.79 Å². The Morgan fingerprint density at radius 2 is 2.15 bits per heavy atom. The molecule has 104 valence electrons. The summed E-state index contributed by atoms with van der Waals surface area (Å²) in [6.07, 6.45) is 1.31. The molecule has 0 fully saturated rings. The van der Waals surface area contributed by atoms with Crippen LogP contribution >= 0.6 is 11.6 Å². The number of nitrogens with one attached hydrogen (secondary N) is 1. The lowest BCUT2D eigenvalue weighted by Crippen LogP contribution is -2.27. The number of nitrogen functional groups attached to an aromatic ring is 1. The molecule has 0 aliphatic carbocycles. The summed E-state index contributed by atoms with van der Waals surface area (Å²) < 4.78 is 13.6. The van der Waals surface area contributed by atoms with Crippen LogP contribution < -0.4 is 11.1 Å². The number of halogens is 2. The molecule has 20 heavy (non-hydrogen) atoms. The van der Waals surface area contributed by atoms with Gasteiger partial charge >= 0.3 is 0 Å². The first-order valence-corrected chi connectivity index (χ1v) is 6.33. The number of rotatable bonds is 3. The lowest BCUT2D eigenvalue weighted by atomic mass is 10.1. The third-order valence-corrected chi connectivity index (χ3v) is 3.14. The van der Waals surface area contributed by atoms with Crippen molar-refractivity contribution in [1.29, 1.82) is 0 Å². The van der Waals surface area contributed by atoms with Crippen LogP contribution in [-0.2, 0) is 0 Å². The number of pyridine rings is 1. The molecule has 1 aromatic carbocycles. The van der Waals surface area contributed by atoms with Crippen LogP contribution in [0.5, 0.6) is 0 Å². The highest BCUT2D eigenvalue weighted by atomic mass is 35.5. The van der Waals surface area contributed by atoms with Crippen LogP contribution in [0.25, 0.3) is 0 Å². The van der Waals surface area contributed by atoms with Crippen molar-refractivity contribution in [1.82, 2.24) is 10.3 Å². The van der Waals surface area contributed by atoms with Crippen molar-refractivity contribution in [2.75, 3.05) is 5.73 Å². The lowest BCUT2D eigenvalue weighted by molar-refractivity contribution is 0.0939. The van der Waals surface area contributed by atoms with Gasteiger partial charge in [-0.05, 0) is 19.1 Å². The van der Waals surface area contributed by atoms with Crippen LogP contribution in [0, 0.1) is 5.82 Å². The van der Waals surface area contributed by atoms with Gasteiger partial charge in [-0.25, -0.2) is 9.37 Å². The normalized spacial score (nSPS) is 11.9. The number of benzene rings is 1. The summed E-state index contributed by atoms with van der Waals surface area (Å²) in [4.78, 5) is 15.9. The van der Waals surface area contributed by atoms with Crippen LogP contribution in [0.1, 0.15) is 28.9 Å². The molecule has 1 atom stereocenters. The van der Waals surface area contributed by atoms with Gasteiger partial charge in [-0.1, -0.05) is 29.8 Å². The van der Waals surface area contributed by atoms with Gasteiger partial charge in [0.05, 0.1) is 16.6 Å². The molecule has 2 aromatic rings. The number of nitrogens with two attached hydrogens (primary N) is 1. The quantitative estimate of drug-likeness (QED) is 0.914. The Labute approximate surface area is 120 Å². The number of aromatic nitrogens is 1. The summed E-state index contributed by atoms with van der Waals surface area (Å²) in [6, 6.07) is 7.14. The van der Waals surface area contributed by atoms with Gasteiger partial charge in [0.2, 0.25) is 0 Å². The summed E-state index contributed by atoms with van der Waals surface area (Å²) in [5.41, 5.74) is 6.13. The number of anilines is 1. The van der Waals surface area contributed by atoms with Crippen LogP contribution in [0.3, 0.4) is 0 Å². The van der Waals surface area contributed by atoms with Gasteiger partial charge in [0, 0.05) is 11.8 Å². The van der Waals surface area contributed by atoms with E-state index in [1.165, 1.54) is 18.3 Å². The predicted molar refractivity (Wildman–Crippen MR) is 75.9 cm³/mol. The smallest absolute Gasteiger partial charge is 0.253 e. The molecular formula is C14H13ClFN3O. The first kappa shape index (κ1) is 14.3. The lowest BCUT2D eigenvalue weighted by Gasteiger charge is -2.15. The minimum absolute atomic E-state index is 0.192. The SMILES string of the molecule is CC(NC(=O)c1cc(N)ncc1Cl)c1ccccc1F. The van der Waals surface area contributed by atoms with E-state index in [9.17, 15) is 9.18 Å². The van der Waals surface area contributed by atoms with Crippen LogP contribution in [0.2, 0.25) is 5.02 Å². The Morgan fingerprint density at radius 3 is 2.85 bits per heavy atom. The molecule has 1 aromatic heterocycles. The Hall–Kier alpha value is -2.14. The van der Waals surface area contributed by atoms with Crippen molar-refractivity contribution in [2.24, 2.45) is 0 Å². The summed E-state index contributed by atoms with van der Waals surface area (Å²) in [7, 11) is 0. The molecule has 3 N–H and O–H groups in total. The number of hydrogen-bond donors (Lipinski definition) is 2. The zero-order chi connectivity index (χ0) is 14.7. The maximum Gasteiger partial charge on any atom is 0.253 e. The van der Waals surface area contributed by atoms with E-state index in [2.05, 4.69) is 10.3 Å². The topological polar surface area (TPSA) is 68.0 Å². The molecule has 0 saturated heterocycles. The second kappa shape index (κ2) is 5.88. The highest BCUT2D eigenvalue weighted by Crippen LogP contribution is 2.20. The molecule has 4 nitrogen and oxygen atoms in total. The molecule has 0 radical (unpaired) electrons. The summed E-state index contributed by atoms with van der Waals surface area (Å²) in [6.45, 7) is 1.69. The first-order valence-electron chi connectivity index (χ1n) is 5.95. The molecule has 0 saturated carbocycles. The van der Waals surface area contributed by atoms with Crippen molar-refractivity contribution in [3.8, 4) is 0 Å². The molecule has 1 unspecified atom stereocenters. The van der Waals surface area contributed by atoms with Crippen LogP contribution in [0.4, 0.5) is 10.2 Å². The maximum atomic E-state index is 13.6. The van der Waals surface area contributed by atoms with Crippen molar-refractivity contribution in [2.45, 2.75) is 13.0 Å². The first-order chi connectivity index (χ1) is 9.49. The molecular weight excluding hydrogens is 281 g/mol. The third-order valence-electron chi connectivity index (χ3n) is 2.84. The van der Waals surface area contributed by atoms with Gasteiger partial charge in [-0.15, -0.1) is 0 Å². The van der Waals surface area contributed by atoms with E-state index in [1.54, 1.807) is 25.1 Å². The highest BCUT2D eigenvalue weighted by Gasteiger charge is 2.16. The van der Waals surface area contributed by atoms with Gasteiger partial charge < -0.3 is 11.1 Å². The minimum Gasteiger partial charge on any atom is -0.384 e. The van der Waals surface area contributed by atoms with Crippen molar-refractivity contribution in [3.05, 3.63) is 58.5 Å². The average molecular weight is 294 g/mol. The fraction of sp³-hybridized carbons (Fsp3) is 0.143. The number of amides is 1. The molecule has 6 heteroatoms. The fourth-order valence-electron chi connectivity index (χ4n) is 1.81. The Balaban J connectivity index is 2.20. The second-order valence-electron chi connectivity index (χ2n) is 4.31. The molecule has 0 bridgehead atoms. The Kier molecular flexibility index (Phi) is 4.20. The predicted octanol–water partition coefficient (Wildman–Crippen LogP) is 2.95. The number of hydrogen-bond acceptors (Lipinski definition) is 3. The number of carbonyl (C=O) groups excluding carboxylic acids is 1. The zero-order valence-electron chi connectivity index (χ0n) is 10.7. The van der Waals surface area contributed by atoms with E-state index >= 15 is 0 Å². The standard InChI is InChI=1S/C14H13ClFN3O/c1-8(9-4-2-3-5-12(9)16)19-14(20)10-6-13(17)18-7-11(10)15/h2-8H,1H3,(H2,17,18)(H,19,20). The van der Waals surface area contributed by atoms with Crippen LogP contribution in [-0.4, -0.2) is 10.9 Å². The van der Waals surface area contributed by atoms with E-state index in [-0.39, 0.29) is 22.2 Å². The third kappa shape index (κ3) is 3.05. The van der Waals surface area contributed by atoms with Gasteiger partial charge in [0.25, 0.3) is 5.91 Å². The van der Waals surface area contributed by atoms with Gasteiger partial charge in [0.1, 0.15) is 11.6 Å². The molecule has 1 amide bonds. The van der Waals surface area contributed by atoms with E-state index in [0.29, 0.717) is 5.56 Å². The largest absolute Gasteiger partial charge is 0.384 e. The molecule has 1 heterocycles. The molecule has 0 aliphatic heterocycles. The van der Waals surface area contributed by atoms with E-state index in [1.807, 2.05) is 0 Å². The van der Waals surface area contributed by atoms with Crippen molar-refractivity contribution < 1.29 is 9.18 Å². The Morgan fingerprint density at radius 1 is 1.45 bits per heavy atom. The van der Waals surface area contributed by atoms with E-state index in [0.717, 1.165) is 0 Å². The monoisotopic (exact) mass is 293 g/mol. The fourth-order valence-corrected chi connectivity index (χ4v) is 2.00. The van der Waals surface area contributed by atoms with Crippen molar-refractivity contribution in [3.63, 3.8) is 0 Å². The highest BCUT2D eigenvalue weighted by molar-refractivity contribution is 6.33. The maximum absolute atomic E-state index is 13.6. The summed E-state index contributed by atoms with van der Waals surface area (Å²) in [5.74, 6) is -0.612. The summed E-state index contributed by atoms with van der Waals surface area (Å²) >= 11 is 5.90.